The van der Waals surface area contributed by atoms with Crippen LogP contribution in [0.3, 0.4) is 0 Å². The first kappa shape index (κ1) is 20.3. The largest absolute Gasteiger partial charge is 0.454 e. The third-order valence-electron chi connectivity index (χ3n) is 3.16. The van der Waals surface area contributed by atoms with Gasteiger partial charge in [0.2, 0.25) is 6.79 Å². The molecule has 2 heterocycles. The van der Waals surface area contributed by atoms with E-state index in [2.05, 4.69) is 24.1 Å². The number of thiazole rings is 1. The summed E-state index contributed by atoms with van der Waals surface area (Å²) >= 11 is 1.49. The van der Waals surface area contributed by atoms with Gasteiger partial charge in [-0.05, 0) is 5.92 Å². The highest BCUT2D eigenvalue weighted by Crippen LogP contribution is 2.38. The molecule has 0 saturated heterocycles. The number of aromatic nitrogens is 1. The van der Waals surface area contributed by atoms with Crippen LogP contribution in [0.15, 0.2) is 17.5 Å². The Labute approximate surface area is 156 Å². The summed E-state index contributed by atoms with van der Waals surface area (Å²) in [5, 5.41) is 5.48. The van der Waals surface area contributed by atoms with Crippen molar-refractivity contribution in [2.75, 3.05) is 17.8 Å². The molecule has 0 atom stereocenters. The van der Waals surface area contributed by atoms with Crippen LogP contribution < -0.4 is 20.5 Å². The van der Waals surface area contributed by atoms with E-state index in [1.165, 1.54) is 11.3 Å². The van der Waals surface area contributed by atoms with Gasteiger partial charge < -0.3 is 20.5 Å². The van der Waals surface area contributed by atoms with Crippen molar-refractivity contribution in [3.63, 3.8) is 0 Å². The summed E-state index contributed by atoms with van der Waals surface area (Å²) in [5.41, 5.74) is 7.24. The summed E-state index contributed by atoms with van der Waals surface area (Å²) in [7, 11) is 0. The maximum Gasteiger partial charge on any atom is 0.275 e. The van der Waals surface area contributed by atoms with Gasteiger partial charge in [0, 0.05) is 23.9 Å². The maximum atomic E-state index is 12.3. The molecule has 0 bridgehead atoms. The van der Waals surface area contributed by atoms with E-state index >= 15 is 0 Å². The Morgan fingerprint density at radius 1 is 1.33 bits per heavy atom. The fourth-order valence-electron chi connectivity index (χ4n) is 2.11. The number of nitrogens with two attached hydrogens (primary N) is 1. The second-order valence-electron chi connectivity index (χ2n) is 5.47. The van der Waals surface area contributed by atoms with E-state index < -0.39 is 0 Å². The van der Waals surface area contributed by atoms with Crippen LogP contribution in [0.5, 0.6) is 11.5 Å². The predicted molar refractivity (Wildman–Crippen MR) is 100 cm³/mol. The number of nitrogen functional groups attached to an aromatic ring is 1. The van der Waals surface area contributed by atoms with Crippen molar-refractivity contribution in [2.45, 2.75) is 20.3 Å². The molecule has 1 aromatic heterocycles. The standard InChI is InChI=1S/C15H17N3O3S.2ClH/c1-8(2)3-14-17-11(6-22-14)15(19)18-10-5-13-12(4-9(10)16)20-7-21-13;;/h4-6,8H,3,7,16H2,1-2H3,(H,18,19);2*1H. The average Bonchev–Trinajstić information content (AvgIpc) is 3.07. The molecule has 1 aromatic carbocycles. The van der Waals surface area contributed by atoms with Gasteiger partial charge >= 0.3 is 0 Å². The first-order valence-corrected chi connectivity index (χ1v) is 7.85. The van der Waals surface area contributed by atoms with E-state index in [9.17, 15) is 4.79 Å². The number of ether oxygens (including phenoxy) is 2. The molecule has 0 saturated carbocycles. The number of rotatable bonds is 4. The number of hydrogen-bond donors (Lipinski definition) is 2. The Kier molecular flexibility index (Phi) is 7.13. The van der Waals surface area contributed by atoms with Gasteiger partial charge in [0.05, 0.1) is 16.4 Å². The Bertz CT molecular complexity index is 722. The van der Waals surface area contributed by atoms with Crippen LogP contribution >= 0.6 is 36.2 Å². The van der Waals surface area contributed by atoms with Gasteiger partial charge in [-0.1, -0.05) is 13.8 Å². The maximum absolute atomic E-state index is 12.3. The average molecular weight is 392 g/mol. The zero-order valence-electron chi connectivity index (χ0n) is 13.2. The van der Waals surface area contributed by atoms with Gasteiger partial charge in [-0.25, -0.2) is 4.98 Å². The van der Waals surface area contributed by atoms with Crippen LogP contribution in [0.4, 0.5) is 11.4 Å². The van der Waals surface area contributed by atoms with Crippen molar-refractivity contribution in [3.8, 4) is 11.5 Å². The summed E-state index contributed by atoms with van der Waals surface area (Å²) in [5.74, 6) is 1.38. The van der Waals surface area contributed by atoms with Crippen LogP contribution in [-0.2, 0) is 6.42 Å². The molecule has 132 valence electrons. The molecule has 0 unspecified atom stereocenters. The van der Waals surface area contributed by atoms with Crippen molar-refractivity contribution in [2.24, 2.45) is 5.92 Å². The van der Waals surface area contributed by atoms with Crippen molar-refractivity contribution >= 4 is 53.4 Å². The number of hydrogen-bond acceptors (Lipinski definition) is 6. The highest BCUT2D eigenvalue weighted by Gasteiger charge is 2.18. The fraction of sp³-hybridized carbons (Fsp3) is 0.333. The summed E-state index contributed by atoms with van der Waals surface area (Å²) in [6.07, 6.45) is 0.865. The molecule has 9 heteroatoms. The molecule has 1 amide bonds. The molecule has 3 N–H and O–H groups in total. The van der Waals surface area contributed by atoms with E-state index in [0.29, 0.717) is 34.5 Å². The third-order valence-corrected chi connectivity index (χ3v) is 4.03. The molecule has 0 fully saturated rings. The fourth-order valence-corrected chi connectivity index (χ4v) is 3.10. The number of halogens is 2. The number of amides is 1. The normalized spacial score (nSPS) is 11.6. The van der Waals surface area contributed by atoms with Crippen LogP contribution in [0.1, 0.15) is 29.3 Å². The highest BCUT2D eigenvalue weighted by molar-refractivity contribution is 7.09. The minimum absolute atomic E-state index is 0. The summed E-state index contributed by atoms with van der Waals surface area (Å²) in [4.78, 5) is 16.6. The second kappa shape index (κ2) is 8.41. The number of nitrogens with zero attached hydrogens (tertiary/aromatic N) is 1. The first-order chi connectivity index (χ1) is 10.5. The topological polar surface area (TPSA) is 86.5 Å². The van der Waals surface area contributed by atoms with Crippen LogP contribution in [-0.4, -0.2) is 17.7 Å². The number of benzene rings is 1. The quantitative estimate of drug-likeness (QED) is 0.774. The third kappa shape index (κ3) is 4.43. The molecule has 0 radical (unpaired) electrons. The van der Waals surface area contributed by atoms with Gasteiger partial charge in [0.1, 0.15) is 5.69 Å². The van der Waals surface area contributed by atoms with E-state index in [-0.39, 0.29) is 37.5 Å². The number of anilines is 2. The molecule has 1 aliphatic heterocycles. The van der Waals surface area contributed by atoms with Gasteiger partial charge in [0.25, 0.3) is 5.91 Å². The summed E-state index contributed by atoms with van der Waals surface area (Å²) in [6, 6.07) is 3.31. The molecule has 1 aliphatic rings. The molecule has 2 aromatic rings. The number of nitrogens with one attached hydrogen (secondary N) is 1. The van der Waals surface area contributed by atoms with Crippen LogP contribution in [0, 0.1) is 5.92 Å². The van der Waals surface area contributed by atoms with Crippen molar-refractivity contribution < 1.29 is 14.3 Å². The zero-order chi connectivity index (χ0) is 15.7. The van der Waals surface area contributed by atoms with E-state index in [4.69, 9.17) is 15.2 Å². The van der Waals surface area contributed by atoms with Crippen molar-refractivity contribution in [3.05, 3.63) is 28.2 Å². The monoisotopic (exact) mass is 391 g/mol. The lowest BCUT2D eigenvalue weighted by molar-refractivity contribution is 0.102. The minimum atomic E-state index is -0.281. The summed E-state index contributed by atoms with van der Waals surface area (Å²) < 4.78 is 10.5. The predicted octanol–water partition coefficient (Wildman–Crippen LogP) is 3.75. The lowest BCUT2D eigenvalue weighted by Gasteiger charge is -2.08. The molecule has 24 heavy (non-hydrogen) atoms. The zero-order valence-corrected chi connectivity index (χ0v) is 15.6. The Hall–Kier alpha value is -1.70. The van der Waals surface area contributed by atoms with Crippen LogP contribution in [0.25, 0.3) is 0 Å². The minimum Gasteiger partial charge on any atom is -0.454 e. The van der Waals surface area contributed by atoms with Crippen molar-refractivity contribution in [1.29, 1.82) is 0 Å². The molecule has 0 spiro atoms. The van der Waals surface area contributed by atoms with Crippen molar-refractivity contribution in [1.82, 2.24) is 4.98 Å². The SMILES string of the molecule is CC(C)Cc1nc(C(=O)Nc2cc3c(cc2N)OCO3)cs1.Cl.Cl. The van der Waals surface area contributed by atoms with E-state index in [0.717, 1.165) is 11.4 Å². The second-order valence-corrected chi connectivity index (χ2v) is 6.41. The molecule has 6 nitrogen and oxygen atoms in total. The van der Waals surface area contributed by atoms with E-state index in [1.807, 2.05) is 0 Å². The van der Waals surface area contributed by atoms with Gasteiger partial charge in [-0.15, -0.1) is 36.2 Å². The smallest absolute Gasteiger partial charge is 0.275 e. The Balaban J connectivity index is 0.00000144. The Morgan fingerprint density at radius 3 is 2.67 bits per heavy atom. The van der Waals surface area contributed by atoms with Gasteiger partial charge in [0.15, 0.2) is 11.5 Å². The summed E-state index contributed by atoms with van der Waals surface area (Å²) in [6.45, 7) is 4.40. The highest BCUT2D eigenvalue weighted by atomic mass is 35.5. The molecular weight excluding hydrogens is 373 g/mol. The molecule has 3 rings (SSSR count). The number of carbonyl (C=O) groups excluding carboxylic acids is 1. The lowest BCUT2D eigenvalue weighted by Crippen LogP contribution is -2.13. The number of carbonyl (C=O) groups is 1. The number of fused-ring (bicyclic) bond motifs is 1. The van der Waals surface area contributed by atoms with Gasteiger partial charge in [-0.3, -0.25) is 4.79 Å². The van der Waals surface area contributed by atoms with Crippen LogP contribution in [0.2, 0.25) is 0 Å². The molecule has 0 aliphatic carbocycles. The molecular formula is C15H19Cl2N3O3S. The lowest BCUT2D eigenvalue weighted by atomic mass is 10.1. The van der Waals surface area contributed by atoms with E-state index in [1.54, 1.807) is 17.5 Å². The van der Waals surface area contributed by atoms with Gasteiger partial charge in [-0.2, -0.15) is 0 Å². The first-order valence-electron chi connectivity index (χ1n) is 6.98. The Morgan fingerprint density at radius 2 is 2.00 bits per heavy atom.